The summed E-state index contributed by atoms with van der Waals surface area (Å²) in [5.41, 5.74) is 8.66. The number of aliphatic hydroxyl groups excluding tert-OH is 1. The Hall–Kier alpha value is -3.90. The van der Waals surface area contributed by atoms with Gasteiger partial charge in [-0.1, -0.05) is 44.2 Å². The molecule has 12 heteroatoms. The van der Waals surface area contributed by atoms with Gasteiger partial charge in [0.2, 0.25) is 0 Å². The smallest absolute Gasteiger partial charge is 0.347 e. The molecule has 1 aromatic carbocycles. The van der Waals surface area contributed by atoms with Gasteiger partial charge in [0.25, 0.3) is 0 Å². The Labute approximate surface area is 213 Å². The van der Waals surface area contributed by atoms with Gasteiger partial charge in [0.15, 0.2) is 10.9 Å². The molecular formula is C24H31N9O2S. The van der Waals surface area contributed by atoms with Crippen molar-refractivity contribution in [2.24, 2.45) is 21.1 Å². The first-order valence-electron chi connectivity index (χ1n) is 11.5. The van der Waals surface area contributed by atoms with E-state index in [1.165, 1.54) is 6.08 Å². The average molecular weight is 510 g/mol. The van der Waals surface area contributed by atoms with E-state index in [1.54, 1.807) is 23.5 Å². The maximum Gasteiger partial charge on any atom is 0.347 e. The number of guanidine groups is 1. The number of thiazole rings is 1. The molecule has 0 bridgehead atoms. The molecule has 0 unspecified atom stereocenters. The fourth-order valence-corrected chi connectivity index (χ4v) is 4.38. The summed E-state index contributed by atoms with van der Waals surface area (Å²) < 4.78 is 2.06. The highest BCUT2D eigenvalue weighted by molar-refractivity contribution is 7.21. The van der Waals surface area contributed by atoms with Crippen LogP contribution in [0.15, 0.2) is 52.3 Å². The van der Waals surface area contributed by atoms with Gasteiger partial charge < -0.3 is 32.1 Å². The highest BCUT2D eigenvalue weighted by Gasteiger charge is 2.20. The summed E-state index contributed by atoms with van der Waals surface area (Å²) in [5, 5.41) is 23.4. The molecule has 0 spiro atoms. The summed E-state index contributed by atoms with van der Waals surface area (Å²) in [4.78, 5) is 26.2. The Morgan fingerprint density at radius 3 is 2.75 bits per heavy atom. The molecule has 1 aliphatic heterocycles. The number of hydrogen-bond acceptors (Lipinski definition) is 8. The predicted molar refractivity (Wildman–Crippen MR) is 146 cm³/mol. The van der Waals surface area contributed by atoms with Crippen molar-refractivity contribution in [1.82, 2.24) is 20.0 Å². The molecule has 3 aromatic rings. The zero-order chi connectivity index (χ0) is 25.9. The SMILES string of the molecule is CNCCNC1=NCc2c(sc3nc(-c4ccc(NC(=O)N=C(N)C=C(O)C(C)(C)C)cc4)cn23)N1. The first kappa shape index (κ1) is 25.2. The maximum absolute atomic E-state index is 12.2. The first-order chi connectivity index (χ1) is 17.1. The number of nitrogens with zero attached hydrogens (tertiary/aromatic N) is 4. The second-order valence-electron chi connectivity index (χ2n) is 9.30. The van der Waals surface area contributed by atoms with Crippen LogP contribution < -0.4 is 27.0 Å². The third kappa shape index (κ3) is 5.83. The second-order valence-corrected chi connectivity index (χ2v) is 10.3. The van der Waals surface area contributed by atoms with E-state index < -0.39 is 11.4 Å². The Bertz CT molecular complexity index is 1340. The number of likely N-dealkylation sites (N-methyl/N-ethyl adjacent to an activating group) is 1. The Morgan fingerprint density at radius 1 is 1.31 bits per heavy atom. The Morgan fingerprint density at radius 2 is 2.06 bits per heavy atom. The third-order valence-electron chi connectivity index (χ3n) is 5.42. The van der Waals surface area contributed by atoms with Crippen molar-refractivity contribution in [2.45, 2.75) is 27.3 Å². The molecule has 0 saturated carbocycles. The number of carbonyl (C=O) groups excluding carboxylic acids is 1. The van der Waals surface area contributed by atoms with E-state index in [-0.39, 0.29) is 11.6 Å². The lowest BCUT2D eigenvalue weighted by Crippen LogP contribution is -2.36. The van der Waals surface area contributed by atoms with Crippen LogP contribution in [-0.4, -0.2) is 52.5 Å². The molecule has 3 heterocycles. The van der Waals surface area contributed by atoms with Crippen molar-refractivity contribution in [3.05, 3.63) is 48.0 Å². The number of hydrogen-bond donors (Lipinski definition) is 6. The first-order valence-corrected chi connectivity index (χ1v) is 12.3. The number of nitrogens with one attached hydrogen (secondary N) is 4. The number of amides is 2. The van der Waals surface area contributed by atoms with E-state index in [0.29, 0.717) is 12.2 Å². The van der Waals surface area contributed by atoms with Gasteiger partial charge in [0, 0.05) is 42.0 Å². The normalized spacial score (nSPS) is 14.3. The maximum atomic E-state index is 12.2. The van der Waals surface area contributed by atoms with Gasteiger partial charge in [-0.3, -0.25) is 4.40 Å². The third-order valence-corrected chi connectivity index (χ3v) is 6.43. The van der Waals surface area contributed by atoms with Gasteiger partial charge in [0.1, 0.15) is 16.6 Å². The van der Waals surface area contributed by atoms with Gasteiger partial charge >= 0.3 is 6.03 Å². The van der Waals surface area contributed by atoms with Crippen molar-refractivity contribution < 1.29 is 9.90 Å². The summed E-state index contributed by atoms with van der Waals surface area (Å²) in [7, 11) is 1.91. The standard InChI is InChI=1S/C24H31N9O2S/c1-24(2,3)18(34)11-19(25)31-22(35)29-15-7-5-14(6-8-15)16-13-33-17-12-28-21(27-10-9-26-4)32-20(17)36-23(33)30-16/h5-8,11,13,26,34H,9-10,12H2,1-4H3,(H2,27,28,32)(H3,25,29,31,35). The van der Waals surface area contributed by atoms with Crippen LogP contribution in [0.2, 0.25) is 0 Å². The van der Waals surface area contributed by atoms with Crippen LogP contribution in [0.3, 0.4) is 0 Å². The molecule has 0 saturated heterocycles. The lowest BCUT2D eigenvalue weighted by atomic mass is 9.93. The molecule has 0 radical (unpaired) electrons. The van der Waals surface area contributed by atoms with Crippen LogP contribution in [0, 0.1) is 5.41 Å². The lowest BCUT2D eigenvalue weighted by Gasteiger charge is -2.16. The number of fused-ring (bicyclic) bond motifs is 3. The number of anilines is 2. The van der Waals surface area contributed by atoms with Crippen LogP contribution in [0.4, 0.5) is 15.5 Å². The summed E-state index contributed by atoms with van der Waals surface area (Å²) in [6.07, 6.45) is 3.28. The number of rotatable bonds is 6. The molecule has 36 heavy (non-hydrogen) atoms. The van der Waals surface area contributed by atoms with Crippen LogP contribution in [0.25, 0.3) is 16.2 Å². The molecule has 7 N–H and O–H groups in total. The molecular weight excluding hydrogens is 478 g/mol. The number of amidine groups is 1. The zero-order valence-corrected chi connectivity index (χ0v) is 21.5. The molecule has 2 aromatic heterocycles. The number of allylic oxidation sites excluding steroid dienone is 1. The van der Waals surface area contributed by atoms with E-state index >= 15 is 0 Å². The molecule has 1 aliphatic rings. The lowest BCUT2D eigenvalue weighted by molar-refractivity contribution is 0.259. The van der Waals surface area contributed by atoms with Gasteiger partial charge in [-0.05, 0) is 19.2 Å². The van der Waals surface area contributed by atoms with E-state index in [4.69, 9.17) is 10.7 Å². The van der Waals surface area contributed by atoms with Crippen molar-refractivity contribution in [1.29, 1.82) is 0 Å². The minimum Gasteiger partial charge on any atom is -0.512 e. The summed E-state index contributed by atoms with van der Waals surface area (Å²) >= 11 is 1.58. The molecule has 0 aliphatic carbocycles. The van der Waals surface area contributed by atoms with Crippen molar-refractivity contribution in [2.75, 3.05) is 30.8 Å². The van der Waals surface area contributed by atoms with E-state index in [2.05, 4.69) is 35.7 Å². The molecule has 11 nitrogen and oxygen atoms in total. The van der Waals surface area contributed by atoms with Crippen LogP contribution >= 0.6 is 11.3 Å². The van der Waals surface area contributed by atoms with Gasteiger partial charge in [-0.25, -0.2) is 14.8 Å². The number of imidazole rings is 1. The highest BCUT2D eigenvalue weighted by atomic mass is 32.1. The number of benzene rings is 1. The quantitative estimate of drug-likeness (QED) is 0.129. The number of carbonyl (C=O) groups is 1. The van der Waals surface area contributed by atoms with E-state index in [0.717, 1.165) is 46.0 Å². The highest BCUT2D eigenvalue weighted by Crippen LogP contribution is 2.33. The topological polar surface area (TPSA) is 153 Å². The summed E-state index contributed by atoms with van der Waals surface area (Å²) in [5.74, 6) is 0.747. The van der Waals surface area contributed by atoms with Gasteiger partial charge in [-0.15, -0.1) is 0 Å². The number of aromatic nitrogens is 2. The van der Waals surface area contributed by atoms with E-state index in [1.807, 2.05) is 46.1 Å². The number of urea groups is 1. The fraction of sp³-hybridized carbons (Fsp3) is 0.333. The fourth-order valence-electron chi connectivity index (χ4n) is 3.36. The average Bonchev–Trinajstić information content (AvgIpc) is 3.36. The predicted octanol–water partition coefficient (Wildman–Crippen LogP) is 3.53. The molecule has 190 valence electrons. The van der Waals surface area contributed by atoms with Crippen LogP contribution in [0.5, 0.6) is 0 Å². The van der Waals surface area contributed by atoms with Gasteiger partial charge in [-0.2, -0.15) is 4.99 Å². The summed E-state index contributed by atoms with van der Waals surface area (Å²) in [6.45, 7) is 7.71. The number of aliphatic imine (C=N–C) groups is 2. The largest absolute Gasteiger partial charge is 0.512 e. The van der Waals surface area contributed by atoms with Crippen LogP contribution in [-0.2, 0) is 6.54 Å². The molecule has 0 atom stereocenters. The number of aliphatic hydroxyl groups is 1. The molecule has 2 amide bonds. The minimum absolute atomic E-state index is 0.0476. The van der Waals surface area contributed by atoms with Crippen molar-refractivity contribution in [3.8, 4) is 11.3 Å². The van der Waals surface area contributed by atoms with E-state index in [9.17, 15) is 9.90 Å². The Kier molecular flexibility index (Phi) is 7.27. The second kappa shape index (κ2) is 10.4. The molecule has 0 fully saturated rings. The van der Waals surface area contributed by atoms with Crippen molar-refractivity contribution in [3.63, 3.8) is 0 Å². The summed E-state index contributed by atoms with van der Waals surface area (Å²) in [6, 6.07) is 6.69. The zero-order valence-electron chi connectivity index (χ0n) is 20.7. The van der Waals surface area contributed by atoms with Crippen molar-refractivity contribution >= 4 is 44.8 Å². The number of nitrogens with two attached hydrogens (primary N) is 1. The molecule has 4 rings (SSSR count). The minimum atomic E-state index is -0.625. The van der Waals surface area contributed by atoms with Crippen LogP contribution in [0.1, 0.15) is 26.5 Å². The van der Waals surface area contributed by atoms with Gasteiger partial charge in [0.05, 0.1) is 17.9 Å². The Balaban J connectivity index is 1.42. The monoisotopic (exact) mass is 509 g/mol.